The minimum atomic E-state index is -3.60. The monoisotopic (exact) mass is 398 g/mol. The number of nitrogens with zero attached hydrogens (tertiary/aromatic N) is 4. The number of carbonyl (C=O) groups is 1. The van der Waals surface area contributed by atoms with Crippen molar-refractivity contribution < 1.29 is 13.2 Å². The van der Waals surface area contributed by atoms with E-state index in [0.717, 1.165) is 18.4 Å². The summed E-state index contributed by atoms with van der Waals surface area (Å²) in [5, 5.41) is 8.92. The van der Waals surface area contributed by atoms with Crippen LogP contribution in [0.5, 0.6) is 0 Å². The lowest BCUT2D eigenvalue weighted by molar-refractivity contribution is 0.0746. The van der Waals surface area contributed by atoms with Crippen LogP contribution in [0.15, 0.2) is 53.7 Å². The summed E-state index contributed by atoms with van der Waals surface area (Å²) in [6, 6.07) is 11.8. The molecule has 146 valence electrons. The highest BCUT2D eigenvalue weighted by atomic mass is 32.2. The summed E-state index contributed by atoms with van der Waals surface area (Å²) in [6.45, 7) is 1.58. The molecule has 1 aliphatic rings. The molecule has 0 radical (unpaired) electrons. The summed E-state index contributed by atoms with van der Waals surface area (Å²) < 4.78 is 27.0. The SMILES string of the molecule is N#CCCN(Cc1cccnc1)C(=O)c1cccc(S(=O)(=O)N2CCCC2)c1. The van der Waals surface area contributed by atoms with Crippen LogP contribution in [-0.4, -0.2) is 48.1 Å². The van der Waals surface area contributed by atoms with Crippen LogP contribution in [0.25, 0.3) is 0 Å². The van der Waals surface area contributed by atoms with Crippen molar-refractivity contribution in [3.8, 4) is 6.07 Å². The zero-order valence-corrected chi connectivity index (χ0v) is 16.3. The van der Waals surface area contributed by atoms with Gasteiger partial charge in [0.2, 0.25) is 10.0 Å². The third kappa shape index (κ3) is 4.55. The van der Waals surface area contributed by atoms with Gasteiger partial charge in [0, 0.05) is 44.1 Å². The molecule has 1 aromatic carbocycles. The van der Waals surface area contributed by atoms with Crippen LogP contribution in [0, 0.1) is 11.3 Å². The quantitative estimate of drug-likeness (QED) is 0.714. The van der Waals surface area contributed by atoms with Crippen LogP contribution in [-0.2, 0) is 16.6 Å². The number of aromatic nitrogens is 1. The van der Waals surface area contributed by atoms with E-state index in [1.165, 1.54) is 16.4 Å². The molecule has 1 aliphatic heterocycles. The van der Waals surface area contributed by atoms with Gasteiger partial charge in [-0.05, 0) is 42.7 Å². The number of carbonyl (C=O) groups excluding carboxylic acids is 1. The van der Waals surface area contributed by atoms with Gasteiger partial charge in [-0.1, -0.05) is 12.1 Å². The van der Waals surface area contributed by atoms with Crippen LogP contribution in [0.4, 0.5) is 0 Å². The van der Waals surface area contributed by atoms with E-state index in [-0.39, 0.29) is 23.8 Å². The first-order valence-electron chi connectivity index (χ1n) is 9.18. The Balaban J connectivity index is 1.85. The molecule has 1 amide bonds. The van der Waals surface area contributed by atoms with Gasteiger partial charge in [0.15, 0.2) is 0 Å². The Morgan fingerprint density at radius 2 is 2.00 bits per heavy atom. The standard InChI is InChI=1S/C20H22N4O3S/c21-9-5-11-23(16-17-6-4-10-22-15-17)20(25)18-7-3-8-19(14-18)28(26,27)24-12-1-2-13-24/h3-4,6-8,10,14-15H,1-2,5,11-13,16H2. The Kier molecular flexibility index (Phi) is 6.39. The summed E-state index contributed by atoms with van der Waals surface area (Å²) in [4.78, 5) is 18.8. The maximum atomic E-state index is 13.0. The number of sulfonamides is 1. The molecule has 1 saturated heterocycles. The van der Waals surface area contributed by atoms with Crippen molar-refractivity contribution in [1.82, 2.24) is 14.2 Å². The number of amides is 1. The Morgan fingerprint density at radius 1 is 1.21 bits per heavy atom. The Bertz CT molecular complexity index is 964. The number of hydrogen-bond acceptors (Lipinski definition) is 5. The lowest BCUT2D eigenvalue weighted by Crippen LogP contribution is -2.32. The highest BCUT2D eigenvalue weighted by Crippen LogP contribution is 2.22. The van der Waals surface area contributed by atoms with Crippen LogP contribution in [0.1, 0.15) is 35.2 Å². The van der Waals surface area contributed by atoms with Crippen LogP contribution in [0.3, 0.4) is 0 Å². The molecule has 8 heteroatoms. The Hall–Kier alpha value is -2.76. The molecular formula is C20H22N4O3S. The summed E-state index contributed by atoms with van der Waals surface area (Å²) in [5.74, 6) is -0.308. The van der Waals surface area contributed by atoms with Gasteiger partial charge in [-0.25, -0.2) is 8.42 Å². The molecular weight excluding hydrogens is 376 g/mol. The fraction of sp³-hybridized carbons (Fsp3) is 0.350. The number of benzene rings is 1. The second-order valence-electron chi connectivity index (χ2n) is 6.64. The summed E-state index contributed by atoms with van der Waals surface area (Å²) in [6.07, 6.45) is 5.21. The average Bonchev–Trinajstić information content (AvgIpc) is 3.27. The molecule has 0 N–H and O–H groups in total. The minimum Gasteiger partial charge on any atom is -0.333 e. The molecule has 0 spiro atoms. The fourth-order valence-corrected chi connectivity index (χ4v) is 4.76. The normalized spacial score (nSPS) is 14.5. The molecule has 7 nitrogen and oxygen atoms in total. The smallest absolute Gasteiger partial charge is 0.254 e. The van der Waals surface area contributed by atoms with E-state index < -0.39 is 10.0 Å². The van der Waals surface area contributed by atoms with E-state index in [9.17, 15) is 13.2 Å². The molecule has 1 fully saturated rings. The van der Waals surface area contributed by atoms with Gasteiger partial charge in [0.25, 0.3) is 5.91 Å². The molecule has 2 heterocycles. The first-order valence-corrected chi connectivity index (χ1v) is 10.6. The third-order valence-electron chi connectivity index (χ3n) is 4.66. The zero-order chi connectivity index (χ0) is 20.0. The minimum absolute atomic E-state index is 0.127. The Labute approximate surface area is 165 Å². The maximum absolute atomic E-state index is 13.0. The first kappa shape index (κ1) is 20.0. The van der Waals surface area contributed by atoms with Crippen molar-refractivity contribution in [3.05, 3.63) is 59.9 Å². The fourth-order valence-electron chi connectivity index (χ4n) is 3.20. The molecule has 0 atom stereocenters. The second kappa shape index (κ2) is 8.95. The number of rotatable bonds is 7. The van der Waals surface area contributed by atoms with Gasteiger partial charge >= 0.3 is 0 Å². The van der Waals surface area contributed by atoms with Crippen molar-refractivity contribution in [1.29, 1.82) is 5.26 Å². The lowest BCUT2D eigenvalue weighted by atomic mass is 10.1. The molecule has 3 rings (SSSR count). The van der Waals surface area contributed by atoms with Gasteiger partial charge in [-0.2, -0.15) is 9.57 Å². The molecule has 1 aromatic heterocycles. The largest absolute Gasteiger partial charge is 0.333 e. The van der Waals surface area contributed by atoms with Gasteiger partial charge in [-0.15, -0.1) is 0 Å². The zero-order valence-electron chi connectivity index (χ0n) is 15.5. The summed E-state index contributed by atoms with van der Waals surface area (Å²) in [5.41, 5.74) is 1.14. The summed E-state index contributed by atoms with van der Waals surface area (Å²) in [7, 11) is -3.60. The molecule has 0 aliphatic carbocycles. The van der Waals surface area contributed by atoms with E-state index in [1.54, 1.807) is 35.5 Å². The van der Waals surface area contributed by atoms with E-state index in [2.05, 4.69) is 11.1 Å². The topological polar surface area (TPSA) is 94.4 Å². The van der Waals surface area contributed by atoms with Crippen molar-refractivity contribution in [2.45, 2.75) is 30.7 Å². The van der Waals surface area contributed by atoms with E-state index in [4.69, 9.17) is 5.26 Å². The lowest BCUT2D eigenvalue weighted by Gasteiger charge is -2.22. The predicted molar refractivity (Wildman–Crippen MR) is 104 cm³/mol. The van der Waals surface area contributed by atoms with Gasteiger partial charge in [-0.3, -0.25) is 9.78 Å². The number of nitriles is 1. The van der Waals surface area contributed by atoms with E-state index in [1.807, 2.05) is 6.07 Å². The number of pyridine rings is 1. The first-order chi connectivity index (χ1) is 13.5. The van der Waals surface area contributed by atoms with Crippen LogP contribution in [0.2, 0.25) is 0 Å². The maximum Gasteiger partial charge on any atom is 0.254 e. The van der Waals surface area contributed by atoms with Crippen molar-refractivity contribution in [2.24, 2.45) is 0 Å². The highest BCUT2D eigenvalue weighted by Gasteiger charge is 2.28. The molecule has 2 aromatic rings. The van der Waals surface area contributed by atoms with Crippen molar-refractivity contribution in [2.75, 3.05) is 19.6 Å². The molecule has 0 saturated carbocycles. The molecule has 28 heavy (non-hydrogen) atoms. The summed E-state index contributed by atoms with van der Waals surface area (Å²) >= 11 is 0. The second-order valence-corrected chi connectivity index (χ2v) is 8.57. The predicted octanol–water partition coefficient (Wildman–Crippen LogP) is 2.42. The Morgan fingerprint density at radius 3 is 2.68 bits per heavy atom. The van der Waals surface area contributed by atoms with Gasteiger partial charge in [0.05, 0.1) is 17.4 Å². The third-order valence-corrected chi connectivity index (χ3v) is 6.56. The number of hydrogen-bond donors (Lipinski definition) is 0. The van der Waals surface area contributed by atoms with Gasteiger partial charge < -0.3 is 4.90 Å². The van der Waals surface area contributed by atoms with Crippen molar-refractivity contribution in [3.63, 3.8) is 0 Å². The van der Waals surface area contributed by atoms with Crippen LogP contribution < -0.4 is 0 Å². The van der Waals surface area contributed by atoms with E-state index in [0.29, 0.717) is 25.2 Å². The molecule has 0 unspecified atom stereocenters. The van der Waals surface area contributed by atoms with Crippen molar-refractivity contribution >= 4 is 15.9 Å². The van der Waals surface area contributed by atoms with E-state index >= 15 is 0 Å². The molecule has 0 bridgehead atoms. The van der Waals surface area contributed by atoms with Gasteiger partial charge in [0.1, 0.15) is 0 Å². The average molecular weight is 398 g/mol. The van der Waals surface area contributed by atoms with Crippen LogP contribution >= 0.6 is 0 Å². The highest BCUT2D eigenvalue weighted by molar-refractivity contribution is 7.89.